The molecular weight excluding hydrogens is 392 g/mol. The SMILES string of the molecule is O=C(Cc1ccc(S(=O)(=O)N2CCCCC2)s1)NCc1ccccc1Cl. The summed E-state index contributed by atoms with van der Waals surface area (Å²) in [6, 6.07) is 10.7. The van der Waals surface area contributed by atoms with Crippen molar-refractivity contribution in [2.45, 2.75) is 36.4 Å². The molecule has 0 atom stereocenters. The lowest BCUT2D eigenvalue weighted by Gasteiger charge is -2.25. The number of amides is 1. The van der Waals surface area contributed by atoms with Gasteiger partial charge in [-0.2, -0.15) is 4.31 Å². The molecule has 1 aromatic carbocycles. The minimum absolute atomic E-state index is 0.157. The van der Waals surface area contributed by atoms with E-state index in [-0.39, 0.29) is 12.3 Å². The van der Waals surface area contributed by atoms with Crippen LogP contribution in [0.5, 0.6) is 0 Å². The fourth-order valence-corrected chi connectivity index (χ4v) is 6.11. The molecule has 1 amide bonds. The Labute approximate surface area is 163 Å². The second-order valence-corrected chi connectivity index (χ2v) is 9.97. The maximum Gasteiger partial charge on any atom is 0.252 e. The van der Waals surface area contributed by atoms with Gasteiger partial charge < -0.3 is 5.32 Å². The molecule has 3 rings (SSSR count). The first-order chi connectivity index (χ1) is 12.5. The molecule has 0 radical (unpaired) electrons. The van der Waals surface area contributed by atoms with Crippen LogP contribution in [0.15, 0.2) is 40.6 Å². The fourth-order valence-electron chi connectivity index (χ4n) is 2.88. The van der Waals surface area contributed by atoms with E-state index in [2.05, 4.69) is 5.32 Å². The molecule has 0 unspecified atom stereocenters. The van der Waals surface area contributed by atoms with Gasteiger partial charge >= 0.3 is 0 Å². The lowest BCUT2D eigenvalue weighted by Crippen LogP contribution is -2.35. The number of piperidine rings is 1. The Morgan fingerprint density at radius 1 is 1.12 bits per heavy atom. The van der Waals surface area contributed by atoms with E-state index < -0.39 is 10.0 Å². The van der Waals surface area contributed by atoms with Gasteiger partial charge in [0, 0.05) is 29.5 Å². The van der Waals surface area contributed by atoms with Crippen LogP contribution < -0.4 is 5.32 Å². The van der Waals surface area contributed by atoms with Gasteiger partial charge in [0.15, 0.2) is 0 Å². The highest BCUT2D eigenvalue weighted by Gasteiger charge is 2.27. The molecule has 5 nitrogen and oxygen atoms in total. The van der Waals surface area contributed by atoms with Crippen LogP contribution >= 0.6 is 22.9 Å². The number of halogens is 1. The number of carbonyl (C=O) groups is 1. The van der Waals surface area contributed by atoms with Crippen molar-refractivity contribution in [3.8, 4) is 0 Å². The zero-order valence-corrected chi connectivity index (χ0v) is 16.7. The molecule has 1 fully saturated rings. The van der Waals surface area contributed by atoms with Crippen molar-refractivity contribution in [2.75, 3.05) is 13.1 Å². The highest BCUT2D eigenvalue weighted by Crippen LogP contribution is 2.27. The van der Waals surface area contributed by atoms with E-state index >= 15 is 0 Å². The largest absolute Gasteiger partial charge is 0.352 e. The topological polar surface area (TPSA) is 66.5 Å². The van der Waals surface area contributed by atoms with E-state index in [1.807, 2.05) is 18.2 Å². The molecule has 0 aliphatic carbocycles. The van der Waals surface area contributed by atoms with Gasteiger partial charge in [-0.25, -0.2) is 8.42 Å². The minimum Gasteiger partial charge on any atom is -0.352 e. The van der Waals surface area contributed by atoms with Gasteiger partial charge in [-0.05, 0) is 36.6 Å². The summed E-state index contributed by atoms with van der Waals surface area (Å²) in [6.45, 7) is 1.50. The molecule has 1 aliphatic rings. The standard InChI is InChI=1S/C18H21ClN2O3S2/c19-16-7-3-2-6-14(16)13-20-17(22)12-15-8-9-18(25-15)26(23,24)21-10-4-1-5-11-21/h2-3,6-9H,1,4-5,10-13H2,(H,20,22). The minimum atomic E-state index is -3.44. The summed E-state index contributed by atoms with van der Waals surface area (Å²) in [7, 11) is -3.44. The van der Waals surface area contributed by atoms with Crippen molar-refractivity contribution in [1.82, 2.24) is 9.62 Å². The van der Waals surface area contributed by atoms with Crippen LogP contribution in [0.4, 0.5) is 0 Å². The number of rotatable bonds is 6. The molecule has 2 heterocycles. The van der Waals surface area contributed by atoms with Gasteiger partial charge in [-0.1, -0.05) is 36.2 Å². The average Bonchev–Trinajstić information content (AvgIpc) is 3.11. The van der Waals surface area contributed by atoms with Gasteiger partial charge in [-0.3, -0.25) is 4.79 Å². The predicted octanol–water partition coefficient (Wildman–Crippen LogP) is 3.44. The molecule has 1 aliphatic heterocycles. The molecule has 140 valence electrons. The second-order valence-electron chi connectivity index (χ2n) is 6.23. The van der Waals surface area contributed by atoms with E-state index in [0.717, 1.165) is 29.7 Å². The number of sulfonamides is 1. The second kappa shape index (κ2) is 8.52. The predicted molar refractivity (Wildman–Crippen MR) is 104 cm³/mol. The summed E-state index contributed by atoms with van der Waals surface area (Å²) in [5.74, 6) is -0.159. The first-order valence-electron chi connectivity index (χ1n) is 8.56. The lowest BCUT2D eigenvalue weighted by atomic mass is 10.2. The highest BCUT2D eigenvalue weighted by molar-refractivity contribution is 7.91. The Bertz CT molecular complexity index is 874. The summed E-state index contributed by atoms with van der Waals surface area (Å²) in [6.07, 6.45) is 3.04. The first kappa shape index (κ1) is 19.4. The zero-order valence-electron chi connectivity index (χ0n) is 14.3. The smallest absolute Gasteiger partial charge is 0.252 e. The van der Waals surface area contributed by atoms with Crippen molar-refractivity contribution < 1.29 is 13.2 Å². The summed E-state index contributed by atoms with van der Waals surface area (Å²) in [4.78, 5) is 12.9. The van der Waals surface area contributed by atoms with Crippen LogP contribution in [0, 0.1) is 0 Å². The van der Waals surface area contributed by atoms with Gasteiger partial charge in [0.2, 0.25) is 5.91 Å². The Morgan fingerprint density at radius 3 is 2.58 bits per heavy atom. The monoisotopic (exact) mass is 412 g/mol. The van der Waals surface area contributed by atoms with Gasteiger partial charge in [0.1, 0.15) is 4.21 Å². The Kier molecular flexibility index (Phi) is 6.34. The number of benzene rings is 1. The number of nitrogens with zero attached hydrogens (tertiary/aromatic N) is 1. The summed E-state index contributed by atoms with van der Waals surface area (Å²) in [5.41, 5.74) is 0.849. The molecular formula is C18H21ClN2O3S2. The third kappa shape index (κ3) is 4.65. The van der Waals surface area contributed by atoms with Crippen LogP contribution in [0.25, 0.3) is 0 Å². The van der Waals surface area contributed by atoms with Crippen molar-refractivity contribution >= 4 is 38.9 Å². The summed E-state index contributed by atoms with van der Waals surface area (Å²) in [5, 5.41) is 3.43. The zero-order chi connectivity index (χ0) is 18.6. The van der Waals surface area contributed by atoms with Crippen LogP contribution in [0.2, 0.25) is 5.02 Å². The fraction of sp³-hybridized carbons (Fsp3) is 0.389. The van der Waals surface area contributed by atoms with Crippen LogP contribution in [0.1, 0.15) is 29.7 Å². The Hall–Kier alpha value is -1.41. The number of hydrogen-bond acceptors (Lipinski definition) is 4. The first-order valence-corrected chi connectivity index (χ1v) is 11.2. The molecule has 1 saturated heterocycles. The maximum absolute atomic E-state index is 12.7. The van der Waals surface area contributed by atoms with Gasteiger partial charge in [0.25, 0.3) is 10.0 Å². The maximum atomic E-state index is 12.7. The quantitative estimate of drug-likeness (QED) is 0.790. The van der Waals surface area contributed by atoms with Crippen LogP contribution in [0.3, 0.4) is 0 Å². The van der Waals surface area contributed by atoms with Gasteiger partial charge in [0.05, 0.1) is 6.42 Å². The molecule has 0 spiro atoms. The number of carbonyl (C=O) groups excluding carboxylic acids is 1. The molecule has 1 N–H and O–H groups in total. The number of thiophene rings is 1. The summed E-state index contributed by atoms with van der Waals surface area (Å²) >= 11 is 7.24. The molecule has 2 aromatic rings. The van der Waals surface area contributed by atoms with E-state index in [0.29, 0.717) is 28.9 Å². The van der Waals surface area contributed by atoms with Crippen molar-refractivity contribution in [2.24, 2.45) is 0 Å². The third-order valence-electron chi connectivity index (χ3n) is 4.31. The number of nitrogens with one attached hydrogen (secondary N) is 1. The Morgan fingerprint density at radius 2 is 1.85 bits per heavy atom. The lowest BCUT2D eigenvalue weighted by molar-refractivity contribution is -0.120. The van der Waals surface area contributed by atoms with E-state index in [1.165, 1.54) is 11.3 Å². The van der Waals surface area contributed by atoms with Crippen molar-refractivity contribution in [1.29, 1.82) is 0 Å². The molecule has 0 saturated carbocycles. The van der Waals surface area contributed by atoms with Crippen molar-refractivity contribution in [3.05, 3.63) is 51.9 Å². The molecule has 0 bridgehead atoms. The molecule has 1 aromatic heterocycles. The molecule has 8 heteroatoms. The third-order valence-corrected chi connectivity index (χ3v) is 8.13. The number of hydrogen-bond donors (Lipinski definition) is 1. The summed E-state index contributed by atoms with van der Waals surface area (Å²) < 4.78 is 27.2. The van der Waals surface area contributed by atoms with E-state index in [1.54, 1.807) is 22.5 Å². The average molecular weight is 413 g/mol. The van der Waals surface area contributed by atoms with Crippen LogP contribution in [-0.2, 0) is 27.8 Å². The van der Waals surface area contributed by atoms with Gasteiger partial charge in [-0.15, -0.1) is 11.3 Å². The normalized spacial score (nSPS) is 15.7. The van der Waals surface area contributed by atoms with E-state index in [4.69, 9.17) is 11.6 Å². The highest BCUT2D eigenvalue weighted by atomic mass is 35.5. The van der Waals surface area contributed by atoms with Crippen LogP contribution in [-0.4, -0.2) is 31.7 Å². The molecule has 26 heavy (non-hydrogen) atoms. The van der Waals surface area contributed by atoms with Crippen molar-refractivity contribution in [3.63, 3.8) is 0 Å². The Balaban J connectivity index is 1.59. The van der Waals surface area contributed by atoms with E-state index in [9.17, 15) is 13.2 Å².